The van der Waals surface area contributed by atoms with Gasteiger partial charge >= 0.3 is 0 Å². The van der Waals surface area contributed by atoms with Gasteiger partial charge in [0.2, 0.25) is 0 Å². The molecule has 0 rings (SSSR count). The zero-order chi connectivity index (χ0) is 11.1. The number of hydrogen-bond donors (Lipinski definition) is 2. The fraction of sp³-hybridized carbons (Fsp3) is 0.700. The van der Waals surface area contributed by atoms with Gasteiger partial charge in [0.25, 0.3) is 5.91 Å². The van der Waals surface area contributed by atoms with E-state index in [-0.39, 0.29) is 12.5 Å². The van der Waals surface area contributed by atoms with Crippen LogP contribution >= 0.6 is 0 Å². The molecule has 0 aliphatic carbocycles. The van der Waals surface area contributed by atoms with E-state index in [1.807, 2.05) is 6.92 Å². The molecule has 0 aliphatic heterocycles. The zero-order valence-corrected chi connectivity index (χ0v) is 8.93. The van der Waals surface area contributed by atoms with Gasteiger partial charge in [0.15, 0.2) is 5.83 Å². The lowest BCUT2D eigenvalue weighted by molar-refractivity contribution is -0.119. The Morgan fingerprint density at radius 1 is 1.50 bits per heavy atom. The van der Waals surface area contributed by atoms with Gasteiger partial charge in [0.05, 0.1) is 0 Å². The molecule has 0 aromatic rings. The van der Waals surface area contributed by atoms with E-state index in [0.717, 1.165) is 0 Å². The smallest absolute Gasteiger partial charge is 0.279 e. The lowest BCUT2D eigenvalue weighted by Gasteiger charge is -2.10. The van der Waals surface area contributed by atoms with Gasteiger partial charge < -0.3 is 10.4 Å². The molecule has 0 spiro atoms. The number of rotatable bonds is 5. The molecule has 0 heterocycles. The summed E-state index contributed by atoms with van der Waals surface area (Å²) in [6.45, 7) is 5.46. The number of aliphatic hydroxyl groups is 1. The maximum atomic E-state index is 13.0. The van der Waals surface area contributed by atoms with E-state index in [0.29, 0.717) is 18.5 Å². The molecule has 2 N–H and O–H groups in total. The maximum absolute atomic E-state index is 13.0. The highest BCUT2D eigenvalue weighted by Gasteiger charge is 2.10. The molecule has 0 bridgehead atoms. The summed E-state index contributed by atoms with van der Waals surface area (Å²) in [7, 11) is 0. The maximum Gasteiger partial charge on any atom is 0.279 e. The number of hydrogen-bond acceptors (Lipinski definition) is 2. The van der Waals surface area contributed by atoms with Crippen molar-refractivity contribution in [3.8, 4) is 0 Å². The van der Waals surface area contributed by atoms with Crippen molar-refractivity contribution in [3.05, 3.63) is 11.4 Å². The molecular weight excluding hydrogens is 185 g/mol. The van der Waals surface area contributed by atoms with Crippen molar-refractivity contribution in [1.82, 2.24) is 5.32 Å². The fourth-order valence-electron chi connectivity index (χ4n) is 0.894. The molecule has 0 radical (unpaired) electrons. The van der Waals surface area contributed by atoms with Crippen LogP contribution in [0.2, 0.25) is 0 Å². The van der Waals surface area contributed by atoms with Crippen molar-refractivity contribution in [2.24, 2.45) is 5.92 Å². The van der Waals surface area contributed by atoms with Crippen LogP contribution in [0.5, 0.6) is 0 Å². The Morgan fingerprint density at radius 3 is 2.50 bits per heavy atom. The minimum atomic E-state index is -0.721. The van der Waals surface area contributed by atoms with E-state index >= 15 is 0 Å². The standard InChI is InChI=1S/C10H18FNO2/c1-7(2)9(11)10(14)12-6-8(3)4-5-13/h8,13H,4-6H2,1-3H3,(H,12,14). The lowest BCUT2D eigenvalue weighted by Crippen LogP contribution is -2.29. The van der Waals surface area contributed by atoms with Gasteiger partial charge in [-0.1, -0.05) is 6.92 Å². The summed E-state index contributed by atoms with van der Waals surface area (Å²) in [6, 6.07) is 0. The predicted octanol–water partition coefficient (Wildman–Crippen LogP) is 1.38. The zero-order valence-electron chi connectivity index (χ0n) is 8.93. The van der Waals surface area contributed by atoms with Gasteiger partial charge in [0, 0.05) is 13.2 Å². The summed E-state index contributed by atoms with van der Waals surface area (Å²) >= 11 is 0. The molecule has 0 fully saturated rings. The second-order valence-electron chi connectivity index (χ2n) is 3.64. The van der Waals surface area contributed by atoms with Crippen molar-refractivity contribution >= 4 is 5.91 Å². The predicted molar refractivity (Wildman–Crippen MR) is 53.4 cm³/mol. The number of allylic oxidation sites excluding steroid dienone is 1. The van der Waals surface area contributed by atoms with E-state index in [9.17, 15) is 9.18 Å². The lowest BCUT2D eigenvalue weighted by atomic mass is 10.1. The molecule has 82 valence electrons. The van der Waals surface area contributed by atoms with Crippen LogP contribution in [0.1, 0.15) is 27.2 Å². The van der Waals surface area contributed by atoms with Crippen LogP contribution < -0.4 is 5.32 Å². The minimum absolute atomic E-state index is 0.0855. The van der Waals surface area contributed by atoms with Crippen molar-refractivity contribution in [2.45, 2.75) is 27.2 Å². The number of amides is 1. The Bertz CT molecular complexity index is 222. The molecule has 4 heteroatoms. The largest absolute Gasteiger partial charge is 0.396 e. The first-order valence-electron chi connectivity index (χ1n) is 4.71. The molecule has 1 atom stereocenters. The van der Waals surface area contributed by atoms with Crippen molar-refractivity contribution in [1.29, 1.82) is 0 Å². The van der Waals surface area contributed by atoms with E-state index in [1.165, 1.54) is 0 Å². The number of aliphatic hydroxyl groups excluding tert-OH is 1. The van der Waals surface area contributed by atoms with Crippen LogP contribution in [0.15, 0.2) is 11.4 Å². The van der Waals surface area contributed by atoms with E-state index in [2.05, 4.69) is 5.32 Å². The molecule has 0 aromatic heterocycles. The molecule has 1 unspecified atom stereocenters. The van der Waals surface area contributed by atoms with E-state index in [1.54, 1.807) is 13.8 Å². The summed E-state index contributed by atoms with van der Waals surface area (Å²) in [5, 5.41) is 11.1. The van der Waals surface area contributed by atoms with Crippen LogP contribution in [0.3, 0.4) is 0 Å². The summed E-state index contributed by atoms with van der Waals surface area (Å²) in [5.74, 6) is -1.23. The Morgan fingerprint density at radius 2 is 2.07 bits per heavy atom. The molecule has 0 saturated heterocycles. The molecule has 0 aliphatic rings. The van der Waals surface area contributed by atoms with Crippen LogP contribution in [0.4, 0.5) is 4.39 Å². The van der Waals surface area contributed by atoms with Crippen LogP contribution in [0, 0.1) is 5.92 Å². The quantitative estimate of drug-likeness (QED) is 0.663. The fourth-order valence-corrected chi connectivity index (χ4v) is 0.894. The van der Waals surface area contributed by atoms with Gasteiger partial charge in [0.1, 0.15) is 0 Å². The van der Waals surface area contributed by atoms with Gasteiger partial charge in [-0.05, 0) is 31.8 Å². The van der Waals surface area contributed by atoms with E-state index < -0.39 is 11.7 Å². The first-order chi connectivity index (χ1) is 6.49. The minimum Gasteiger partial charge on any atom is -0.396 e. The number of halogens is 1. The van der Waals surface area contributed by atoms with Crippen molar-refractivity contribution in [3.63, 3.8) is 0 Å². The number of carbonyl (C=O) groups is 1. The molecule has 0 aromatic carbocycles. The van der Waals surface area contributed by atoms with Crippen LogP contribution in [-0.4, -0.2) is 24.2 Å². The first-order valence-corrected chi connectivity index (χ1v) is 4.71. The highest BCUT2D eigenvalue weighted by molar-refractivity contribution is 5.91. The molecule has 1 amide bonds. The molecule has 0 saturated carbocycles. The molecular formula is C10H18FNO2. The first kappa shape index (κ1) is 13.1. The number of carbonyl (C=O) groups excluding carboxylic acids is 1. The van der Waals surface area contributed by atoms with Gasteiger partial charge in [-0.15, -0.1) is 0 Å². The Labute approximate surface area is 84.0 Å². The monoisotopic (exact) mass is 203 g/mol. The van der Waals surface area contributed by atoms with Crippen LogP contribution in [0.25, 0.3) is 0 Å². The summed E-state index contributed by atoms with van der Waals surface area (Å²) < 4.78 is 13.0. The normalized spacial score (nSPS) is 12.1. The highest BCUT2D eigenvalue weighted by atomic mass is 19.1. The topological polar surface area (TPSA) is 49.3 Å². The Hall–Kier alpha value is -0.900. The third-order valence-corrected chi connectivity index (χ3v) is 1.87. The Balaban J connectivity index is 3.92. The number of nitrogens with one attached hydrogen (secondary N) is 1. The van der Waals surface area contributed by atoms with Gasteiger partial charge in [-0.3, -0.25) is 4.79 Å². The second-order valence-corrected chi connectivity index (χ2v) is 3.64. The summed E-state index contributed by atoms with van der Waals surface area (Å²) in [6.07, 6.45) is 0.608. The highest BCUT2D eigenvalue weighted by Crippen LogP contribution is 2.05. The average Bonchev–Trinajstić information content (AvgIpc) is 2.13. The second kappa shape index (κ2) is 6.54. The molecule has 3 nitrogen and oxygen atoms in total. The van der Waals surface area contributed by atoms with E-state index in [4.69, 9.17) is 5.11 Å². The summed E-state index contributed by atoms with van der Waals surface area (Å²) in [4.78, 5) is 11.1. The van der Waals surface area contributed by atoms with Crippen molar-refractivity contribution in [2.75, 3.05) is 13.2 Å². The summed E-state index contributed by atoms with van der Waals surface area (Å²) in [5.41, 5.74) is 0.373. The van der Waals surface area contributed by atoms with Crippen molar-refractivity contribution < 1.29 is 14.3 Å². The average molecular weight is 203 g/mol. The third-order valence-electron chi connectivity index (χ3n) is 1.87. The van der Waals surface area contributed by atoms with Gasteiger partial charge in [-0.2, -0.15) is 0 Å². The SMILES string of the molecule is CC(C)=C(F)C(=O)NCC(C)CCO. The Kier molecular flexibility index (Phi) is 6.12. The molecule has 14 heavy (non-hydrogen) atoms. The third kappa shape index (κ3) is 4.97. The van der Waals surface area contributed by atoms with Crippen LogP contribution in [-0.2, 0) is 4.79 Å². The van der Waals surface area contributed by atoms with Gasteiger partial charge in [-0.25, -0.2) is 4.39 Å².